The number of tetrazole rings is 1. The Morgan fingerprint density at radius 3 is 2.47 bits per heavy atom. The van der Waals surface area contributed by atoms with E-state index in [0.29, 0.717) is 31.0 Å². The average molecular weight is 464 g/mol. The molecule has 0 aliphatic rings. The van der Waals surface area contributed by atoms with E-state index in [1.807, 2.05) is 68.5 Å². The molecule has 0 spiro atoms. The SMILES string of the molecule is CCC=Cc1nc(C(F)(F)CCCC)nn1Cc1ccc(-c2ccccc2-c2nn[nH]n2)cc1. The molecule has 2 heterocycles. The average Bonchev–Trinajstić information content (AvgIpc) is 3.53. The topological polar surface area (TPSA) is 85.2 Å². The van der Waals surface area contributed by atoms with Crippen molar-refractivity contribution in [1.29, 1.82) is 0 Å². The van der Waals surface area contributed by atoms with Gasteiger partial charge in [0.05, 0.1) is 6.54 Å². The first-order chi connectivity index (χ1) is 16.5. The van der Waals surface area contributed by atoms with Gasteiger partial charge in [0.1, 0.15) is 0 Å². The number of nitrogens with zero attached hydrogens (tertiary/aromatic N) is 6. The minimum absolute atomic E-state index is 0.251. The minimum atomic E-state index is -3.04. The number of hydrogen-bond acceptors (Lipinski definition) is 5. The van der Waals surface area contributed by atoms with Crippen LogP contribution in [-0.4, -0.2) is 35.4 Å². The number of benzene rings is 2. The van der Waals surface area contributed by atoms with E-state index >= 15 is 0 Å². The first kappa shape index (κ1) is 23.4. The number of nitrogens with one attached hydrogen (secondary N) is 1. The number of unbranched alkanes of at least 4 members (excludes halogenated alkanes) is 1. The summed E-state index contributed by atoms with van der Waals surface area (Å²) in [5.41, 5.74) is 3.76. The fraction of sp³-hybridized carbons (Fsp3) is 0.320. The summed E-state index contributed by atoms with van der Waals surface area (Å²) in [6, 6.07) is 15.7. The van der Waals surface area contributed by atoms with Crippen molar-refractivity contribution in [2.24, 2.45) is 0 Å². The molecule has 4 rings (SSSR count). The molecule has 0 amide bonds. The molecule has 2 aromatic carbocycles. The predicted octanol–water partition coefficient (Wildman–Crippen LogP) is 5.88. The Morgan fingerprint density at radius 1 is 1.03 bits per heavy atom. The molecule has 176 valence electrons. The zero-order chi connectivity index (χ0) is 24.0. The first-order valence-corrected chi connectivity index (χ1v) is 11.4. The summed E-state index contributed by atoms with van der Waals surface area (Å²) in [6.07, 6.45) is 5.30. The first-order valence-electron chi connectivity index (χ1n) is 11.4. The van der Waals surface area contributed by atoms with E-state index in [9.17, 15) is 8.78 Å². The summed E-state index contributed by atoms with van der Waals surface area (Å²) in [4.78, 5) is 4.17. The van der Waals surface area contributed by atoms with Crippen LogP contribution in [0.15, 0.2) is 54.6 Å². The molecule has 0 atom stereocenters. The van der Waals surface area contributed by atoms with E-state index in [2.05, 4.69) is 30.7 Å². The van der Waals surface area contributed by atoms with Gasteiger partial charge in [-0.25, -0.2) is 9.67 Å². The lowest BCUT2D eigenvalue weighted by molar-refractivity contribution is -0.0245. The van der Waals surface area contributed by atoms with Gasteiger partial charge < -0.3 is 0 Å². The maximum Gasteiger partial charge on any atom is 0.308 e. The summed E-state index contributed by atoms with van der Waals surface area (Å²) in [5, 5.41) is 18.5. The number of hydrogen-bond donors (Lipinski definition) is 1. The third-order valence-electron chi connectivity index (χ3n) is 5.49. The van der Waals surface area contributed by atoms with Crippen LogP contribution in [0.5, 0.6) is 0 Å². The van der Waals surface area contributed by atoms with Crippen LogP contribution in [0.25, 0.3) is 28.6 Å². The van der Waals surface area contributed by atoms with Crippen molar-refractivity contribution in [3.8, 4) is 22.5 Å². The van der Waals surface area contributed by atoms with Gasteiger partial charge >= 0.3 is 5.92 Å². The largest absolute Gasteiger partial charge is 0.308 e. The van der Waals surface area contributed by atoms with Gasteiger partial charge in [0.25, 0.3) is 0 Å². The maximum absolute atomic E-state index is 14.6. The minimum Gasteiger partial charge on any atom is -0.241 e. The number of rotatable bonds is 10. The van der Waals surface area contributed by atoms with Crippen molar-refractivity contribution in [2.45, 2.75) is 52.0 Å². The summed E-state index contributed by atoms with van der Waals surface area (Å²) >= 11 is 0. The molecule has 0 aliphatic carbocycles. The summed E-state index contributed by atoms with van der Waals surface area (Å²) in [5.74, 6) is -2.51. The van der Waals surface area contributed by atoms with Crippen LogP contribution in [0, 0.1) is 0 Å². The van der Waals surface area contributed by atoms with E-state index < -0.39 is 11.7 Å². The van der Waals surface area contributed by atoms with Gasteiger partial charge in [0.15, 0.2) is 5.82 Å². The highest BCUT2D eigenvalue weighted by molar-refractivity contribution is 5.80. The predicted molar refractivity (Wildman–Crippen MR) is 127 cm³/mol. The Hall–Kier alpha value is -3.75. The molecule has 34 heavy (non-hydrogen) atoms. The quantitative estimate of drug-likeness (QED) is 0.317. The third kappa shape index (κ3) is 5.24. The molecule has 2 aromatic heterocycles. The van der Waals surface area contributed by atoms with Crippen LogP contribution in [0.3, 0.4) is 0 Å². The smallest absolute Gasteiger partial charge is 0.241 e. The zero-order valence-corrected chi connectivity index (χ0v) is 19.2. The molecule has 0 fully saturated rings. The van der Waals surface area contributed by atoms with Crippen LogP contribution in [0.1, 0.15) is 56.7 Å². The Morgan fingerprint density at radius 2 is 1.79 bits per heavy atom. The fourth-order valence-electron chi connectivity index (χ4n) is 3.65. The second-order valence-corrected chi connectivity index (χ2v) is 8.05. The molecule has 0 radical (unpaired) electrons. The highest BCUT2D eigenvalue weighted by Gasteiger charge is 2.36. The molecule has 0 unspecified atom stereocenters. The molecule has 0 bridgehead atoms. The van der Waals surface area contributed by atoms with Crippen LogP contribution < -0.4 is 0 Å². The van der Waals surface area contributed by atoms with E-state index in [1.165, 1.54) is 0 Å². The summed E-state index contributed by atoms with van der Waals surface area (Å²) in [6.45, 7) is 4.22. The second kappa shape index (κ2) is 10.5. The van der Waals surface area contributed by atoms with Crippen molar-refractivity contribution in [3.63, 3.8) is 0 Å². The molecule has 0 saturated heterocycles. The molecule has 9 heteroatoms. The lowest BCUT2D eigenvalue weighted by Gasteiger charge is -2.11. The standard InChI is InChI=1S/C25H27F2N7/c1-3-5-11-22-28-24(25(26,27)16-6-4-2)31-34(22)17-18-12-14-19(15-13-18)20-9-7-8-10-21(20)23-29-32-33-30-23/h5,7-15H,3-4,6,16-17H2,1-2H3,(H,29,30,32,33). The summed E-state index contributed by atoms with van der Waals surface area (Å²) < 4.78 is 30.8. The number of aromatic amines is 1. The van der Waals surface area contributed by atoms with Crippen LogP contribution >= 0.6 is 0 Å². The van der Waals surface area contributed by atoms with Crippen LogP contribution in [0.2, 0.25) is 0 Å². The third-order valence-corrected chi connectivity index (χ3v) is 5.49. The lowest BCUT2D eigenvalue weighted by Crippen LogP contribution is -2.16. The Bertz CT molecular complexity index is 1230. The van der Waals surface area contributed by atoms with Crippen molar-refractivity contribution in [2.75, 3.05) is 0 Å². The fourth-order valence-corrected chi connectivity index (χ4v) is 3.65. The van der Waals surface area contributed by atoms with Gasteiger partial charge in [-0.2, -0.15) is 14.0 Å². The molecule has 7 nitrogen and oxygen atoms in total. The van der Waals surface area contributed by atoms with Gasteiger partial charge in [-0.15, -0.1) is 15.3 Å². The van der Waals surface area contributed by atoms with E-state index in [4.69, 9.17) is 0 Å². The van der Waals surface area contributed by atoms with Crippen molar-refractivity contribution >= 4 is 6.08 Å². The number of allylic oxidation sites excluding steroid dienone is 1. The lowest BCUT2D eigenvalue weighted by atomic mass is 9.98. The van der Waals surface area contributed by atoms with Crippen LogP contribution in [0.4, 0.5) is 8.78 Å². The number of aromatic nitrogens is 7. The van der Waals surface area contributed by atoms with Crippen molar-refractivity contribution in [1.82, 2.24) is 35.4 Å². The monoisotopic (exact) mass is 463 g/mol. The molecular formula is C25H27F2N7. The van der Waals surface area contributed by atoms with Crippen molar-refractivity contribution < 1.29 is 8.78 Å². The summed E-state index contributed by atoms with van der Waals surface area (Å²) in [7, 11) is 0. The maximum atomic E-state index is 14.6. The van der Waals surface area contributed by atoms with Crippen molar-refractivity contribution in [3.05, 3.63) is 71.8 Å². The Kier molecular flexibility index (Phi) is 7.20. The molecule has 4 aromatic rings. The number of alkyl halides is 2. The second-order valence-electron chi connectivity index (χ2n) is 8.05. The zero-order valence-electron chi connectivity index (χ0n) is 19.2. The van der Waals surface area contributed by atoms with E-state index in [1.54, 1.807) is 10.8 Å². The van der Waals surface area contributed by atoms with Gasteiger partial charge in [0.2, 0.25) is 11.6 Å². The van der Waals surface area contributed by atoms with Gasteiger partial charge in [-0.3, -0.25) is 0 Å². The van der Waals surface area contributed by atoms with Gasteiger partial charge in [-0.05, 0) is 40.8 Å². The highest BCUT2D eigenvalue weighted by Crippen LogP contribution is 2.32. The molecule has 0 saturated carbocycles. The normalized spacial score (nSPS) is 12.0. The van der Waals surface area contributed by atoms with Gasteiger partial charge in [-0.1, -0.05) is 74.9 Å². The van der Waals surface area contributed by atoms with Gasteiger partial charge in [0, 0.05) is 12.0 Å². The highest BCUT2D eigenvalue weighted by atomic mass is 19.3. The number of halogens is 2. The number of H-pyrrole nitrogens is 1. The Balaban J connectivity index is 1.60. The molecule has 0 aliphatic heterocycles. The Labute approximate surface area is 196 Å². The van der Waals surface area contributed by atoms with Crippen LogP contribution in [-0.2, 0) is 12.5 Å². The van der Waals surface area contributed by atoms with E-state index in [0.717, 1.165) is 28.7 Å². The molecular weight excluding hydrogens is 436 g/mol. The molecule has 1 N–H and O–H groups in total. The van der Waals surface area contributed by atoms with E-state index in [-0.39, 0.29) is 6.42 Å².